The van der Waals surface area contributed by atoms with E-state index in [-0.39, 0.29) is 21.8 Å². The third-order valence-corrected chi connectivity index (χ3v) is 6.73. The second kappa shape index (κ2) is 9.24. The van der Waals surface area contributed by atoms with E-state index in [0.29, 0.717) is 11.3 Å². The molecule has 0 aromatic heterocycles. The molecule has 0 atom stereocenters. The van der Waals surface area contributed by atoms with Crippen LogP contribution in [0.15, 0.2) is 71.6 Å². The SMILES string of the molecule is COc1cc(NC(=O)c2ccc(-c3ccccc3C(F)(F)F)cc2)ccc1S(=O)(=O)N(C)C. The summed E-state index contributed by atoms with van der Waals surface area (Å²) in [7, 11) is 0.346. The van der Waals surface area contributed by atoms with E-state index in [4.69, 9.17) is 4.74 Å². The summed E-state index contributed by atoms with van der Waals surface area (Å²) in [6.45, 7) is 0. The van der Waals surface area contributed by atoms with E-state index in [0.717, 1.165) is 10.4 Å². The minimum atomic E-state index is -4.50. The van der Waals surface area contributed by atoms with Gasteiger partial charge in [0.1, 0.15) is 10.6 Å². The smallest absolute Gasteiger partial charge is 0.417 e. The topological polar surface area (TPSA) is 75.7 Å². The molecular formula is C23H21F3N2O4S. The van der Waals surface area contributed by atoms with Crippen LogP contribution in [-0.2, 0) is 16.2 Å². The average molecular weight is 478 g/mol. The second-order valence-electron chi connectivity index (χ2n) is 7.23. The van der Waals surface area contributed by atoms with Gasteiger partial charge >= 0.3 is 6.18 Å². The molecule has 1 N–H and O–H groups in total. The average Bonchev–Trinajstić information content (AvgIpc) is 2.78. The Morgan fingerprint density at radius 2 is 1.61 bits per heavy atom. The number of hydrogen-bond acceptors (Lipinski definition) is 4. The second-order valence-corrected chi connectivity index (χ2v) is 9.35. The van der Waals surface area contributed by atoms with Crippen molar-refractivity contribution in [3.63, 3.8) is 0 Å². The van der Waals surface area contributed by atoms with Gasteiger partial charge in [0.05, 0.1) is 12.7 Å². The zero-order valence-electron chi connectivity index (χ0n) is 18.0. The van der Waals surface area contributed by atoms with E-state index in [1.54, 1.807) is 0 Å². The molecular weight excluding hydrogens is 457 g/mol. The van der Waals surface area contributed by atoms with Crippen LogP contribution in [0.3, 0.4) is 0 Å². The number of benzene rings is 3. The van der Waals surface area contributed by atoms with E-state index in [1.165, 1.54) is 81.9 Å². The predicted octanol–water partition coefficient (Wildman–Crippen LogP) is 4.88. The zero-order chi connectivity index (χ0) is 24.4. The van der Waals surface area contributed by atoms with Crippen molar-refractivity contribution < 1.29 is 31.1 Å². The molecule has 0 radical (unpaired) electrons. The first-order chi connectivity index (χ1) is 15.4. The van der Waals surface area contributed by atoms with E-state index < -0.39 is 27.7 Å². The number of nitrogens with zero attached hydrogens (tertiary/aromatic N) is 1. The molecule has 3 rings (SSSR count). The number of amides is 1. The summed E-state index contributed by atoms with van der Waals surface area (Å²) in [5, 5.41) is 2.63. The molecule has 0 spiro atoms. The van der Waals surface area contributed by atoms with Crippen LogP contribution < -0.4 is 10.1 Å². The molecule has 0 aliphatic rings. The van der Waals surface area contributed by atoms with Crippen molar-refractivity contribution in [1.82, 2.24) is 4.31 Å². The van der Waals surface area contributed by atoms with Crippen LogP contribution in [-0.4, -0.2) is 39.8 Å². The van der Waals surface area contributed by atoms with Crippen molar-refractivity contribution in [3.8, 4) is 16.9 Å². The van der Waals surface area contributed by atoms with Crippen LogP contribution >= 0.6 is 0 Å². The van der Waals surface area contributed by atoms with Gasteiger partial charge in [0.25, 0.3) is 5.91 Å². The van der Waals surface area contributed by atoms with Gasteiger partial charge in [-0.15, -0.1) is 0 Å². The zero-order valence-corrected chi connectivity index (χ0v) is 18.8. The maximum absolute atomic E-state index is 13.3. The fraction of sp³-hybridized carbons (Fsp3) is 0.174. The number of sulfonamides is 1. The predicted molar refractivity (Wildman–Crippen MR) is 119 cm³/mol. The summed E-state index contributed by atoms with van der Waals surface area (Å²) in [5.41, 5.74) is 0.0779. The monoisotopic (exact) mass is 478 g/mol. The first-order valence-corrected chi connectivity index (χ1v) is 11.1. The van der Waals surface area contributed by atoms with Crippen molar-refractivity contribution in [2.75, 3.05) is 26.5 Å². The number of ether oxygens (including phenoxy) is 1. The van der Waals surface area contributed by atoms with Crippen LogP contribution in [0.4, 0.5) is 18.9 Å². The number of methoxy groups -OCH3 is 1. The van der Waals surface area contributed by atoms with Gasteiger partial charge in [-0.25, -0.2) is 12.7 Å². The lowest BCUT2D eigenvalue weighted by Crippen LogP contribution is -2.23. The first-order valence-electron chi connectivity index (χ1n) is 9.63. The largest absolute Gasteiger partial charge is 0.495 e. The summed E-state index contributed by atoms with van der Waals surface area (Å²) >= 11 is 0. The Morgan fingerprint density at radius 1 is 0.970 bits per heavy atom. The number of nitrogens with one attached hydrogen (secondary N) is 1. The van der Waals surface area contributed by atoms with Gasteiger partial charge < -0.3 is 10.1 Å². The number of carbonyl (C=O) groups excluding carboxylic acids is 1. The molecule has 0 bridgehead atoms. The number of alkyl halides is 3. The Balaban J connectivity index is 1.84. The van der Waals surface area contributed by atoms with Crippen LogP contribution in [0.1, 0.15) is 15.9 Å². The third-order valence-electron chi connectivity index (χ3n) is 4.87. The normalized spacial score (nSPS) is 12.0. The summed E-state index contributed by atoms with van der Waals surface area (Å²) < 4.78 is 70.8. The summed E-state index contributed by atoms with van der Waals surface area (Å²) in [6, 6.07) is 15.0. The third kappa shape index (κ3) is 5.18. The van der Waals surface area contributed by atoms with Crippen LogP contribution in [0.25, 0.3) is 11.1 Å². The molecule has 6 nitrogen and oxygen atoms in total. The van der Waals surface area contributed by atoms with Crippen molar-refractivity contribution in [3.05, 3.63) is 77.9 Å². The van der Waals surface area contributed by atoms with E-state index in [2.05, 4.69) is 5.32 Å². The number of carbonyl (C=O) groups is 1. The molecule has 10 heteroatoms. The minimum absolute atomic E-state index is 0.0133. The van der Waals surface area contributed by atoms with Crippen molar-refractivity contribution in [2.45, 2.75) is 11.1 Å². The molecule has 3 aromatic carbocycles. The van der Waals surface area contributed by atoms with Crippen LogP contribution in [0.2, 0.25) is 0 Å². The van der Waals surface area contributed by atoms with Crippen molar-refractivity contribution in [2.24, 2.45) is 0 Å². The highest BCUT2D eigenvalue weighted by Gasteiger charge is 2.33. The van der Waals surface area contributed by atoms with Crippen LogP contribution in [0, 0.1) is 0 Å². The van der Waals surface area contributed by atoms with Gasteiger partial charge in [0, 0.05) is 31.4 Å². The van der Waals surface area contributed by atoms with E-state index in [9.17, 15) is 26.4 Å². The Morgan fingerprint density at radius 3 is 2.18 bits per heavy atom. The highest BCUT2D eigenvalue weighted by atomic mass is 32.2. The van der Waals surface area contributed by atoms with Gasteiger partial charge in [-0.3, -0.25) is 4.79 Å². The van der Waals surface area contributed by atoms with Gasteiger partial charge in [-0.2, -0.15) is 13.2 Å². The highest BCUT2D eigenvalue weighted by molar-refractivity contribution is 7.89. The van der Waals surface area contributed by atoms with Gasteiger partial charge in [0.2, 0.25) is 10.0 Å². The number of halogens is 3. The summed E-state index contributed by atoms with van der Waals surface area (Å²) in [6.07, 6.45) is -4.50. The van der Waals surface area contributed by atoms with E-state index >= 15 is 0 Å². The van der Waals surface area contributed by atoms with Crippen molar-refractivity contribution >= 4 is 21.6 Å². The molecule has 174 valence electrons. The lowest BCUT2D eigenvalue weighted by Gasteiger charge is -2.16. The molecule has 1 amide bonds. The van der Waals surface area contributed by atoms with Gasteiger partial charge in [-0.1, -0.05) is 30.3 Å². The first kappa shape index (κ1) is 24.3. The molecule has 0 aliphatic carbocycles. The highest BCUT2D eigenvalue weighted by Crippen LogP contribution is 2.37. The summed E-state index contributed by atoms with van der Waals surface area (Å²) in [4.78, 5) is 12.6. The molecule has 33 heavy (non-hydrogen) atoms. The van der Waals surface area contributed by atoms with E-state index in [1.807, 2.05) is 0 Å². The summed E-state index contributed by atoms with van der Waals surface area (Å²) in [5.74, 6) is -0.462. The Hall–Kier alpha value is -3.37. The molecule has 0 aliphatic heterocycles. The number of anilines is 1. The number of rotatable bonds is 6. The van der Waals surface area contributed by atoms with Crippen molar-refractivity contribution in [1.29, 1.82) is 0 Å². The maximum Gasteiger partial charge on any atom is 0.417 e. The fourth-order valence-corrected chi connectivity index (χ4v) is 4.17. The molecule has 0 fully saturated rings. The minimum Gasteiger partial charge on any atom is -0.495 e. The molecule has 0 saturated heterocycles. The molecule has 0 unspecified atom stereocenters. The Bertz CT molecular complexity index is 1270. The number of hydrogen-bond donors (Lipinski definition) is 1. The molecule has 3 aromatic rings. The molecule has 0 heterocycles. The maximum atomic E-state index is 13.3. The van der Waals surface area contributed by atoms with Gasteiger partial charge in [0.15, 0.2) is 0 Å². The Labute approximate surface area is 189 Å². The fourth-order valence-electron chi connectivity index (χ4n) is 3.14. The lowest BCUT2D eigenvalue weighted by molar-refractivity contribution is -0.137. The lowest BCUT2D eigenvalue weighted by atomic mass is 9.98. The Kier molecular flexibility index (Phi) is 6.80. The quantitative estimate of drug-likeness (QED) is 0.548. The van der Waals surface area contributed by atoms with Gasteiger partial charge in [-0.05, 0) is 41.5 Å². The van der Waals surface area contributed by atoms with Crippen LogP contribution in [0.5, 0.6) is 5.75 Å². The standard InChI is InChI=1S/C23H21F3N2O4S/c1-28(2)33(30,31)21-13-12-17(14-20(21)32-3)27-22(29)16-10-8-15(9-11-16)18-6-4-5-7-19(18)23(24,25)26/h4-14H,1-3H3,(H,27,29). The molecule has 0 saturated carbocycles.